The largest absolute Gasteiger partial charge is 0.493 e. The summed E-state index contributed by atoms with van der Waals surface area (Å²) in [7, 11) is -0.708. The van der Waals surface area contributed by atoms with Gasteiger partial charge in [-0.05, 0) is 37.6 Å². The zero-order chi connectivity index (χ0) is 20.9. The summed E-state index contributed by atoms with van der Waals surface area (Å²) in [6.45, 7) is 3.75. The number of hydrogen-bond acceptors (Lipinski definition) is 7. The number of carbonyl (C=O) groups is 2. The lowest BCUT2D eigenvalue weighted by molar-refractivity contribution is -0.150. The molecule has 0 N–H and O–H groups in total. The zero-order valence-corrected chi connectivity index (χ0v) is 17.2. The normalized spacial score (nSPS) is 18.9. The van der Waals surface area contributed by atoms with Crippen molar-refractivity contribution in [1.82, 2.24) is 4.90 Å². The van der Waals surface area contributed by atoms with Gasteiger partial charge >= 0.3 is 5.97 Å². The summed E-state index contributed by atoms with van der Waals surface area (Å²) in [5, 5.41) is 0. The number of nitrogens with zero attached hydrogens (tertiary/aromatic N) is 1. The number of amides is 1. The number of benzene rings is 1. The Morgan fingerprint density at radius 1 is 1.21 bits per heavy atom. The molecule has 9 heteroatoms. The third-order valence-corrected chi connectivity index (χ3v) is 5.78. The van der Waals surface area contributed by atoms with Gasteiger partial charge in [0.05, 0.1) is 31.8 Å². The second kappa shape index (κ2) is 9.09. The summed E-state index contributed by atoms with van der Waals surface area (Å²) in [5.41, 5.74) is 0.695. The van der Waals surface area contributed by atoms with E-state index in [1.807, 2.05) is 13.8 Å². The molecule has 1 heterocycles. The molecule has 0 saturated carbocycles. The molecule has 1 aliphatic heterocycles. The van der Waals surface area contributed by atoms with Crippen molar-refractivity contribution < 1.29 is 32.2 Å². The van der Waals surface area contributed by atoms with Gasteiger partial charge in [-0.1, -0.05) is 6.07 Å². The van der Waals surface area contributed by atoms with Crippen LogP contribution in [0.1, 0.15) is 19.4 Å². The van der Waals surface area contributed by atoms with E-state index in [-0.39, 0.29) is 18.4 Å². The summed E-state index contributed by atoms with van der Waals surface area (Å²) < 4.78 is 39.3. The number of esters is 1. The topological polar surface area (TPSA) is 99.2 Å². The number of methoxy groups -OCH3 is 2. The Morgan fingerprint density at radius 3 is 2.54 bits per heavy atom. The van der Waals surface area contributed by atoms with Crippen molar-refractivity contribution in [3.05, 3.63) is 29.8 Å². The quantitative estimate of drug-likeness (QED) is 0.514. The first-order valence-electron chi connectivity index (χ1n) is 8.78. The van der Waals surface area contributed by atoms with Gasteiger partial charge in [0.2, 0.25) is 5.91 Å². The first-order chi connectivity index (χ1) is 13.2. The van der Waals surface area contributed by atoms with Crippen molar-refractivity contribution in [2.24, 2.45) is 0 Å². The number of sulfone groups is 1. The van der Waals surface area contributed by atoms with Crippen LogP contribution >= 0.6 is 0 Å². The van der Waals surface area contributed by atoms with E-state index >= 15 is 0 Å². The lowest BCUT2D eigenvalue weighted by Gasteiger charge is -2.32. The molecule has 0 aromatic heterocycles. The van der Waals surface area contributed by atoms with Gasteiger partial charge in [-0.25, -0.2) is 13.2 Å². The van der Waals surface area contributed by atoms with Gasteiger partial charge in [-0.15, -0.1) is 0 Å². The highest BCUT2D eigenvalue weighted by Crippen LogP contribution is 2.29. The van der Waals surface area contributed by atoms with Crippen LogP contribution < -0.4 is 9.47 Å². The van der Waals surface area contributed by atoms with Crippen molar-refractivity contribution in [2.75, 3.05) is 32.3 Å². The molecule has 1 unspecified atom stereocenters. The fourth-order valence-electron chi connectivity index (χ4n) is 2.80. The average Bonchev–Trinajstić information content (AvgIpc) is 2.65. The maximum absolute atomic E-state index is 12.6. The number of carbonyl (C=O) groups excluding carboxylic acids is 2. The van der Waals surface area contributed by atoms with E-state index in [2.05, 4.69) is 4.74 Å². The van der Waals surface area contributed by atoms with E-state index in [0.717, 1.165) is 7.11 Å². The van der Waals surface area contributed by atoms with E-state index in [0.29, 0.717) is 17.1 Å². The Bertz CT molecular complexity index is 861. The van der Waals surface area contributed by atoms with Gasteiger partial charge in [0.15, 0.2) is 21.3 Å². The van der Waals surface area contributed by atoms with E-state index < -0.39 is 33.5 Å². The molecular formula is C19H25NO7S. The summed E-state index contributed by atoms with van der Waals surface area (Å²) >= 11 is 0. The fourth-order valence-corrected chi connectivity index (χ4v) is 4.24. The predicted molar refractivity (Wildman–Crippen MR) is 104 cm³/mol. The Kier molecular flexibility index (Phi) is 7.06. The van der Waals surface area contributed by atoms with Gasteiger partial charge in [0.25, 0.3) is 0 Å². The van der Waals surface area contributed by atoms with Crippen molar-refractivity contribution in [1.29, 1.82) is 0 Å². The van der Waals surface area contributed by atoms with Crippen LogP contribution in [0.2, 0.25) is 0 Å². The summed E-state index contributed by atoms with van der Waals surface area (Å²) in [4.78, 5) is 25.7. The molecule has 1 amide bonds. The minimum absolute atomic E-state index is 0.0116. The van der Waals surface area contributed by atoms with E-state index in [9.17, 15) is 18.0 Å². The van der Waals surface area contributed by atoms with Crippen LogP contribution in [0, 0.1) is 0 Å². The summed E-state index contributed by atoms with van der Waals surface area (Å²) in [6, 6.07) is 4.09. The van der Waals surface area contributed by atoms with Crippen LogP contribution in [0.5, 0.6) is 11.5 Å². The number of rotatable bonds is 6. The van der Waals surface area contributed by atoms with Crippen molar-refractivity contribution >= 4 is 27.8 Å². The summed E-state index contributed by atoms with van der Waals surface area (Å²) in [6.07, 6.45) is 2.86. The average molecular weight is 411 g/mol. The van der Waals surface area contributed by atoms with Crippen LogP contribution in [0.3, 0.4) is 0 Å². The first kappa shape index (κ1) is 21.7. The van der Waals surface area contributed by atoms with Crippen molar-refractivity contribution in [3.63, 3.8) is 0 Å². The Hall–Kier alpha value is -2.55. The first-order valence-corrected chi connectivity index (χ1v) is 10.6. The van der Waals surface area contributed by atoms with E-state index in [1.165, 1.54) is 18.1 Å². The highest BCUT2D eigenvalue weighted by atomic mass is 32.2. The van der Waals surface area contributed by atoms with Gasteiger partial charge in [0.1, 0.15) is 6.04 Å². The van der Waals surface area contributed by atoms with Gasteiger partial charge in [-0.3, -0.25) is 4.79 Å². The fraction of sp³-hybridized carbons (Fsp3) is 0.474. The molecule has 0 spiro atoms. The van der Waals surface area contributed by atoms with Crippen LogP contribution in [-0.2, 0) is 24.2 Å². The number of hydrogen-bond donors (Lipinski definition) is 0. The molecule has 0 bridgehead atoms. The molecule has 1 aliphatic rings. The standard InChI is InChI=1S/C19H25NO7S/c1-13(2)27-16-7-5-14(11-17(16)25-3)6-8-18(21)20-9-10-28(23,24)12-15(20)19(22)26-4/h5-8,11,13,15H,9-10,12H2,1-4H3/b8-6+. The molecule has 0 radical (unpaired) electrons. The highest BCUT2D eigenvalue weighted by Gasteiger charge is 2.38. The number of ether oxygens (including phenoxy) is 3. The van der Waals surface area contributed by atoms with Crippen molar-refractivity contribution in [2.45, 2.75) is 26.0 Å². The maximum atomic E-state index is 12.6. The second-order valence-electron chi connectivity index (χ2n) is 6.60. The molecule has 1 aromatic rings. The third kappa shape index (κ3) is 5.48. The minimum atomic E-state index is -3.39. The minimum Gasteiger partial charge on any atom is -0.493 e. The molecule has 28 heavy (non-hydrogen) atoms. The van der Waals surface area contributed by atoms with Crippen LogP contribution in [-0.4, -0.2) is 69.6 Å². The molecule has 1 fully saturated rings. The smallest absolute Gasteiger partial charge is 0.329 e. The highest BCUT2D eigenvalue weighted by molar-refractivity contribution is 7.91. The SMILES string of the molecule is COC(=O)C1CS(=O)(=O)CCN1C(=O)/C=C/c1ccc(OC(C)C)c(OC)c1. The Labute approximate surface area is 165 Å². The van der Waals surface area contributed by atoms with Gasteiger partial charge in [0, 0.05) is 12.6 Å². The molecule has 2 rings (SSSR count). The van der Waals surface area contributed by atoms with Crippen molar-refractivity contribution in [3.8, 4) is 11.5 Å². The molecule has 1 saturated heterocycles. The molecule has 154 valence electrons. The lowest BCUT2D eigenvalue weighted by atomic mass is 10.1. The molecule has 1 aromatic carbocycles. The van der Waals surface area contributed by atoms with Gasteiger partial charge < -0.3 is 19.1 Å². The zero-order valence-electron chi connectivity index (χ0n) is 16.4. The maximum Gasteiger partial charge on any atom is 0.329 e. The Morgan fingerprint density at radius 2 is 1.93 bits per heavy atom. The Balaban J connectivity index is 2.18. The molecular weight excluding hydrogens is 386 g/mol. The lowest BCUT2D eigenvalue weighted by Crippen LogP contribution is -2.54. The van der Waals surface area contributed by atoms with E-state index in [1.54, 1.807) is 24.3 Å². The molecule has 8 nitrogen and oxygen atoms in total. The molecule has 0 aliphatic carbocycles. The monoisotopic (exact) mass is 411 g/mol. The van der Waals surface area contributed by atoms with E-state index in [4.69, 9.17) is 9.47 Å². The van der Waals surface area contributed by atoms with Crippen LogP contribution in [0.25, 0.3) is 6.08 Å². The van der Waals surface area contributed by atoms with Crippen LogP contribution in [0.15, 0.2) is 24.3 Å². The second-order valence-corrected chi connectivity index (χ2v) is 8.82. The predicted octanol–water partition coefficient (Wildman–Crippen LogP) is 1.29. The third-order valence-electron chi connectivity index (χ3n) is 4.16. The summed E-state index contributed by atoms with van der Waals surface area (Å²) in [5.74, 6) is -0.717. The van der Waals surface area contributed by atoms with Gasteiger partial charge in [-0.2, -0.15) is 0 Å². The molecule has 1 atom stereocenters. The van der Waals surface area contributed by atoms with Crippen LogP contribution in [0.4, 0.5) is 0 Å².